The topological polar surface area (TPSA) is 96.0 Å². The molecule has 2 aromatic carbocycles. The van der Waals surface area contributed by atoms with Crippen LogP contribution in [0.4, 0.5) is 31.7 Å². The maximum absolute atomic E-state index is 13.8. The van der Waals surface area contributed by atoms with Crippen LogP contribution in [0.25, 0.3) is 0 Å². The summed E-state index contributed by atoms with van der Waals surface area (Å²) in [4.78, 5) is 31.9. The molecule has 0 fully saturated rings. The molecule has 0 aliphatic heterocycles. The molecule has 9 heteroatoms. The molecule has 1 aromatic heterocycles. The standard InChI is InChI=1S/C20H17F2N5O2/c1-11-23-18(20(29)27-17-7-6-13(21)8-16(17)22)10-19(24-11)26-15-5-3-4-14(9-15)25-12(2)28/h3-10H,1-2H3,(H,25,28)(H,27,29)(H,23,24,26). The van der Waals surface area contributed by atoms with Crippen molar-refractivity contribution in [3.63, 3.8) is 0 Å². The van der Waals surface area contributed by atoms with Crippen LogP contribution in [-0.2, 0) is 4.79 Å². The molecule has 0 aliphatic rings. The minimum absolute atomic E-state index is 0.00161. The summed E-state index contributed by atoms with van der Waals surface area (Å²) >= 11 is 0. The van der Waals surface area contributed by atoms with Gasteiger partial charge in [-0.25, -0.2) is 18.7 Å². The summed E-state index contributed by atoms with van der Waals surface area (Å²) < 4.78 is 26.8. The lowest BCUT2D eigenvalue weighted by molar-refractivity contribution is -0.114. The maximum atomic E-state index is 13.8. The molecule has 0 unspecified atom stereocenters. The Kier molecular flexibility index (Phi) is 5.77. The molecular formula is C20H17F2N5O2. The van der Waals surface area contributed by atoms with Crippen molar-refractivity contribution in [2.75, 3.05) is 16.0 Å². The highest BCUT2D eigenvalue weighted by atomic mass is 19.1. The zero-order valence-corrected chi connectivity index (χ0v) is 15.6. The van der Waals surface area contributed by atoms with Gasteiger partial charge in [0.25, 0.3) is 5.91 Å². The third-order valence-electron chi connectivity index (χ3n) is 3.71. The quantitative estimate of drug-likeness (QED) is 0.604. The Morgan fingerprint density at radius 1 is 0.931 bits per heavy atom. The predicted molar refractivity (Wildman–Crippen MR) is 105 cm³/mol. The Bertz CT molecular complexity index is 1090. The van der Waals surface area contributed by atoms with Gasteiger partial charge in [0.1, 0.15) is 29.0 Å². The summed E-state index contributed by atoms with van der Waals surface area (Å²) in [7, 11) is 0. The average Bonchev–Trinajstić information content (AvgIpc) is 2.63. The van der Waals surface area contributed by atoms with Gasteiger partial charge in [0.2, 0.25) is 5.91 Å². The average molecular weight is 397 g/mol. The summed E-state index contributed by atoms with van der Waals surface area (Å²) in [6.45, 7) is 3.01. The van der Waals surface area contributed by atoms with Gasteiger partial charge in [-0.15, -0.1) is 0 Å². The van der Waals surface area contributed by atoms with E-state index in [-0.39, 0.29) is 17.3 Å². The number of benzene rings is 2. The number of rotatable bonds is 5. The van der Waals surface area contributed by atoms with Crippen LogP contribution in [0.1, 0.15) is 23.2 Å². The van der Waals surface area contributed by atoms with Gasteiger partial charge in [0.05, 0.1) is 5.69 Å². The van der Waals surface area contributed by atoms with Crippen molar-refractivity contribution in [3.05, 3.63) is 71.7 Å². The minimum Gasteiger partial charge on any atom is -0.340 e. The first kappa shape index (κ1) is 19.9. The molecule has 3 rings (SSSR count). The Morgan fingerprint density at radius 3 is 2.41 bits per heavy atom. The largest absolute Gasteiger partial charge is 0.340 e. The summed E-state index contributed by atoms with van der Waals surface area (Å²) in [6, 6.07) is 11.2. The number of amides is 2. The van der Waals surface area contributed by atoms with Crippen molar-refractivity contribution in [2.45, 2.75) is 13.8 Å². The van der Waals surface area contributed by atoms with Crippen LogP contribution >= 0.6 is 0 Å². The molecule has 0 spiro atoms. The van der Waals surface area contributed by atoms with Crippen LogP contribution in [0, 0.1) is 18.6 Å². The number of aryl methyl sites for hydroxylation is 1. The molecule has 3 aromatic rings. The molecule has 7 nitrogen and oxygen atoms in total. The molecule has 1 heterocycles. The first-order chi connectivity index (χ1) is 13.8. The van der Waals surface area contributed by atoms with Crippen molar-refractivity contribution in [2.24, 2.45) is 0 Å². The number of nitrogens with one attached hydrogen (secondary N) is 3. The van der Waals surface area contributed by atoms with Crippen molar-refractivity contribution < 1.29 is 18.4 Å². The van der Waals surface area contributed by atoms with E-state index in [0.29, 0.717) is 29.1 Å². The minimum atomic E-state index is -0.891. The van der Waals surface area contributed by atoms with Crippen molar-refractivity contribution in [1.29, 1.82) is 0 Å². The number of hydrogen-bond acceptors (Lipinski definition) is 5. The summed E-state index contributed by atoms with van der Waals surface area (Å²) in [5, 5.41) is 8.06. The van der Waals surface area contributed by atoms with Crippen LogP contribution in [0.5, 0.6) is 0 Å². The molecule has 0 bridgehead atoms. The first-order valence-corrected chi connectivity index (χ1v) is 8.57. The SMILES string of the molecule is CC(=O)Nc1cccc(Nc2cc(C(=O)Nc3ccc(F)cc3F)nc(C)n2)c1. The van der Waals surface area contributed by atoms with E-state index in [0.717, 1.165) is 12.1 Å². The van der Waals surface area contributed by atoms with E-state index >= 15 is 0 Å². The van der Waals surface area contributed by atoms with E-state index in [2.05, 4.69) is 25.9 Å². The number of aromatic nitrogens is 2. The van der Waals surface area contributed by atoms with Crippen molar-refractivity contribution in [1.82, 2.24) is 9.97 Å². The van der Waals surface area contributed by atoms with Gasteiger partial charge in [0, 0.05) is 30.4 Å². The van der Waals surface area contributed by atoms with E-state index in [4.69, 9.17) is 0 Å². The molecular weight excluding hydrogens is 380 g/mol. The molecule has 148 valence electrons. The van der Waals surface area contributed by atoms with Crippen molar-refractivity contribution >= 4 is 34.7 Å². The molecule has 29 heavy (non-hydrogen) atoms. The van der Waals surface area contributed by atoms with Crippen LogP contribution in [0.2, 0.25) is 0 Å². The number of hydrogen-bond donors (Lipinski definition) is 3. The van der Waals surface area contributed by atoms with E-state index in [1.807, 2.05) is 0 Å². The van der Waals surface area contributed by atoms with E-state index in [9.17, 15) is 18.4 Å². The third-order valence-corrected chi connectivity index (χ3v) is 3.71. The predicted octanol–water partition coefficient (Wildman–Crippen LogP) is 4.02. The lowest BCUT2D eigenvalue weighted by Gasteiger charge is -2.11. The normalized spacial score (nSPS) is 10.3. The highest BCUT2D eigenvalue weighted by molar-refractivity contribution is 6.03. The summed E-state index contributed by atoms with van der Waals surface area (Å²) in [6.07, 6.45) is 0. The second-order valence-corrected chi connectivity index (χ2v) is 6.15. The Hall–Kier alpha value is -3.88. The molecule has 2 amide bonds. The fourth-order valence-electron chi connectivity index (χ4n) is 2.55. The fraction of sp³-hybridized carbons (Fsp3) is 0.100. The second kappa shape index (κ2) is 8.42. The van der Waals surface area contributed by atoms with Crippen LogP contribution < -0.4 is 16.0 Å². The third kappa shape index (κ3) is 5.32. The number of anilines is 4. The van der Waals surface area contributed by atoms with Gasteiger partial charge in [-0.05, 0) is 37.3 Å². The van der Waals surface area contributed by atoms with Gasteiger partial charge >= 0.3 is 0 Å². The Morgan fingerprint density at radius 2 is 1.69 bits per heavy atom. The summed E-state index contributed by atoms with van der Waals surface area (Å²) in [5.41, 5.74) is 1.07. The highest BCUT2D eigenvalue weighted by Crippen LogP contribution is 2.21. The van der Waals surface area contributed by atoms with Gasteiger partial charge in [0.15, 0.2) is 0 Å². The molecule has 3 N–H and O–H groups in total. The zero-order chi connectivity index (χ0) is 21.0. The zero-order valence-electron chi connectivity index (χ0n) is 15.6. The lowest BCUT2D eigenvalue weighted by atomic mass is 10.2. The van der Waals surface area contributed by atoms with E-state index in [1.165, 1.54) is 13.0 Å². The first-order valence-electron chi connectivity index (χ1n) is 8.57. The van der Waals surface area contributed by atoms with Gasteiger partial charge < -0.3 is 16.0 Å². The monoisotopic (exact) mass is 397 g/mol. The van der Waals surface area contributed by atoms with Gasteiger partial charge in [-0.3, -0.25) is 9.59 Å². The highest BCUT2D eigenvalue weighted by Gasteiger charge is 2.14. The van der Waals surface area contributed by atoms with Gasteiger partial charge in [-0.2, -0.15) is 0 Å². The number of carbonyl (C=O) groups is 2. The van der Waals surface area contributed by atoms with Gasteiger partial charge in [-0.1, -0.05) is 6.07 Å². The van der Waals surface area contributed by atoms with Crippen LogP contribution in [0.3, 0.4) is 0 Å². The lowest BCUT2D eigenvalue weighted by Crippen LogP contribution is -2.16. The Balaban J connectivity index is 1.80. The maximum Gasteiger partial charge on any atom is 0.274 e. The smallest absolute Gasteiger partial charge is 0.274 e. The number of halogens is 2. The number of carbonyl (C=O) groups excluding carboxylic acids is 2. The molecule has 0 radical (unpaired) electrons. The molecule has 0 saturated carbocycles. The van der Waals surface area contributed by atoms with E-state index in [1.54, 1.807) is 31.2 Å². The summed E-state index contributed by atoms with van der Waals surface area (Å²) in [5.74, 6) is -1.85. The van der Waals surface area contributed by atoms with E-state index < -0.39 is 17.5 Å². The molecule has 0 aliphatic carbocycles. The Labute approximate surface area is 165 Å². The second-order valence-electron chi connectivity index (χ2n) is 6.15. The fourth-order valence-corrected chi connectivity index (χ4v) is 2.55. The molecule has 0 atom stereocenters. The molecule has 0 saturated heterocycles. The van der Waals surface area contributed by atoms with Crippen LogP contribution in [0.15, 0.2) is 48.5 Å². The van der Waals surface area contributed by atoms with Crippen LogP contribution in [-0.4, -0.2) is 21.8 Å². The number of nitrogens with zero attached hydrogens (tertiary/aromatic N) is 2. The van der Waals surface area contributed by atoms with Crippen molar-refractivity contribution in [3.8, 4) is 0 Å².